The molecule has 0 saturated heterocycles. The van der Waals surface area contributed by atoms with Crippen molar-refractivity contribution in [2.75, 3.05) is 5.73 Å². The number of nitrogen functional groups attached to an aromatic ring is 1. The Kier molecular flexibility index (Phi) is 3.41. The van der Waals surface area contributed by atoms with Gasteiger partial charge in [0.05, 0.1) is 25.5 Å². The van der Waals surface area contributed by atoms with Gasteiger partial charge in [0.2, 0.25) is 5.88 Å². The minimum absolute atomic E-state index is 0.182. The lowest BCUT2D eigenvalue weighted by atomic mass is 10.0. The van der Waals surface area contributed by atoms with Crippen molar-refractivity contribution in [1.29, 1.82) is 0 Å². The Bertz CT molecular complexity index is 762. The molecule has 7 heteroatoms. The zero-order valence-corrected chi connectivity index (χ0v) is 12.7. The third-order valence-corrected chi connectivity index (χ3v) is 4.34. The number of hydrogen-bond donors (Lipinski definition) is 1. The smallest absolute Gasteiger partial charge is 0.230 e. The lowest BCUT2D eigenvalue weighted by molar-refractivity contribution is 0.439. The average molecular weight is 326 g/mol. The van der Waals surface area contributed by atoms with Gasteiger partial charge >= 0.3 is 0 Å². The van der Waals surface area contributed by atoms with E-state index in [9.17, 15) is 0 Å². The van der Waals surface area contributed by atoms with Gasteiger partial charge in [0.25, 0.3) is 0 Å². The molecule has 3 rings (SSSR count). The van der Waals surface area contributed by atoms with E-state index in [2.05, 4.69) is 10.1 Å². The van der Waals surface area contributed by atoms with Crippen LogP contribution in [0.4, 0.5) is 5.88 Å². The molecule has 0 aliphatic rings. The maximum atomic E-state index is 6.24. The molecule has 0 radical (unpaired) electrons. The van der Waals surface area contributed by atoms with Gasteiger partial charge in [-0.05, 0) is 19.1 Å². The van der Waals surface area contributed by atoms with Crippen LogP contribution in [0.2, 0.25) is 10.0 Å². The summed E-state index contributed by atoms with van der Waals surface area (Å²) in [6.07, 6.45) is 1.73. The summed E-state index contributed by atoms with van der Waals surface area (Å²) >= 11 is 14.0. The van der Waals surface area contributed by atoms with E-state index in [1.54, 1.807) is 24.4 Å². The summed E-state index contributed by atoms with van der Waals surface area (Å²) in [4.78, 5) is 5.07. The van der Waals surface area contributed by atoms with E-state index in [0.29, 0.717) is 26.9 Å². The maximum absolute atomic E-state index is 6.24. The predicted octanol–water partition coefficient (Wildman–Crippen LogP) is 4.66. The summed E-state index contributed by atoms with van der Waals surface area (Å²) in [5.74, 6) is 0.182. The zero-order valence-electron chi connectivity index (χ0n) is 10.4. The van der Waals surface area contributed by atoms with Crippen LogP contribution in [-0.2, 0) is 0 Å². The Hall–Kier alpha value is -1.56. The molecule has 0 bridgehead atoms. The largest absolute Gasteiger partial charge is 0.367 e. The number of thiazole rings is 1. The second-order valence-corrected chi connectivity index (χ2v) is 6.16. The first-order valence-corrected chi connectivity index (χ1v) is 7.27. The Morgan fingerprint density at radius 2 is 1.90 bits per heavy atom. The van der Waals surface area contributed by atoms with Gasteiger partial charge in [0, 0.05) is 11.8 Å². The molecule has 0 spiro atoms. The lowest BCUT2D eigenvalue weighted by Crippen LogP contribution is -1.89. The van der Waals surface area contributed by atoms with E-state index < -0.39 is 0 Å². The van der Waals surface area contributed by atoms with Crippen molar-refractivity contribution in [2.45, 2.75) is 6.92 Å². The van der Waals surface area contributed by atoms with E-state index in [0.717, 1.165) is 9.88 Å². The topological polar surface area (TPSA) is 64.9 Å². The van der Waals surface area contributed by atoms with Gasteiger partial charge in [0.1, 0.15) is 5.69 Å². The molecule has 102 valence electrons. The van der Waals surface area contributed by atoms with Crippen LogP contribution in [0.25, 0.3) is 21.7 Å². The number of hydrogen-bond acceptors (Lipinski definition) is 5. The Morgan fingerprint density at radius 1 is 1.20 bits per heavy atom. The third kappa shape index (κ3) is 2.18. The Balaban J connectivity index is 2.27. The molecule has 2 N–H and O–H groups in total. The van der Waals surface area contributed by atoms with E-state index in [4.69, 9.17) is 33.5 Å². The first-order chi connectivity index (χ1) is 9.58. The van der Waals surface area contributed by atoms with Crippen LogP contribution in [0, 0.1) is 6.92 Å². The molecule has 0 fully saturated rings. The molecule has 0 amide bonds. The quantitative estimate of drug-likeness (QED) is 0.744. The SMILES string of the molecule is Cc1ncc(-c2noc(N)c2-c2c(Cl)cccc2Cl)s1. The van der Waals surface area contributed by atoms with Gasteiger partial charge in [-0.3, -0.25) is 0 Å². The molecule has 20 heavy (non-hydrogen) atoms. The molecular weight excluding hydrogens is 317 g/mol. The van der Waals surface area contributed by atoms with E-state index >= 15 is 0 Å². The van der Waals surface area contributed by atoms with Crippen LogP contribution in [0.5, 0.6) is 0 Å². The number of benzene rings is 1. The molecule has 0 aliphatic heterocycles. The van der Waals surface area contributed by atoms with Crippen molar-refractivity contribution < 1.29 is 4.52 Å². The lowest BCUT2D eigenvalue weighted by Gasteiger charge is -2.06. The maximum Gasteiger partial charge on any atom is 0.230 e. The van der Waals surface area contributed by atoms with Gasteiger partial charge < -0.3 is 10.3 Å². The molecular formula is C13H9Cl2N3OS. The predicted molar refractivity (Wildman–Crippen MR) is 82.2 cm³/mol. The Morgan fingerprint density at radius 3 is 2.50 bits per heavy atom. The van der Waals surface area contributed by atoms with Crippen molar-refractivity contribution in [3.63, 3.8) is 0 Å². The van der Waals surface area contributed by atoms with Crippen LogP contribution in [0.1, 0.15) is 5.01 Å². The van der Waals surface area contributed by atoms with Crippen LogP contribution >= 0.6 is 34.5 Å². The monoisotopic (exact) mass is 325 g/mol. The minimum atomic E-state index is 0.182. The normalized spacial score (nSPS) is 10.9. The standard InChI is InChI=1S/C13H9Cl2N3OS/c1-6-17-5-9(20-6)12-11(13(16)19-18-12)10-7(14)3-2-4-8(10)15/h2-5H,16H2,1H3. The zero-order chi connectivity index (χ0) is 14.3. The highest BCUT2D eigenvalue weighted by atomic mass is 35.5. The fourth-order valence-corrected chi connectivity index (χ4v) is 3.27. The summed E-state index contributed by atoms with van der Waals surface area (Å²) in [6, 6.07) is 5.27. The number of aryl methyl sites for hydroxylation is 1. The molecule has 2 aromatic heterocycles. The van der Waals surface area contributed by atoms with Gasteiger partial charge in [0.15, 0.2) is 0 Å². The van der Waals surface area contributed by atoms with Crippen molar-refractivity contribution >= 4 is 40.4 Å². The minimum Gasteiger partial charge on any atom is -0.367 e. The third-order valence-electron chi connectivity index (χ3n) is 2.79. The van der Waals surface area contributed by atoms with Crippen molar-refractivity contribution in [3.05, 3.63) is 39.4 Å². The van der Waals surface area contributed by atoms with Crippen LogP contribution in [-0.4, -0.2) is 10.1 Å². The van der Waals surface area contributed by atoms with Crippen LogP contribution in [0.3, 0.4) is 0 Å². The molecule has 0 aliphatic carbocycles. The second kappa shape index (κ2) is 5.09. The summed E-state index contributed by atoms with van der Waals surface area (Å²) in [7, 11) is 0. The number of nitrogens with two attached hydrogens (primary N) is 1. The molecule has 2 heterocycles. The fourth-order valence-electron chi connectivity index (χ4n) is 1.92. The van der Waals surface area contributed by atoms with Gasteiger partial charge in [-0.2, -0.15) is 0 Å². The van der Waals surface area contributed by atoms with Crippen LogP contribution in [0.15, 0.2) is 28.9 Å². The first kappa shape index (κ1) is 13.4. The number of anilines is 1. The van der Waals surface area contributed by atoms with Crippen molar-refractivity contribution in [2.24, 2.45) is 0 Å². The molecule has 0 unspecified atom stereocenters. The number of rotatable bonds is 2. The van der Waals surface area contributed by atoms with E-state index in [1.807, 2.05) is 6.92 Å². The summed E-state index contributed by atoms with van der Waals surface area (Å²) in [6.45, 7) is 1.92. The number of nitrogens with zero attached hydrogens (tertiary/aromatic N) is 2. The highest BCUT2D eigenvalue weighted by Gasteiger charge is 2.23. The van der Waals surface area contributed by atoms with E-state index in [-0.39, 0.29) is 5.88 Å². The number of aromatic nitrogens is 2. The second-order valence-electron chi connectivity index (χ2n) is 4.11. The molecule has 3 aromatic rings. The number of halogens is 2. The molecule has 1 aromatic carbocycles. The molecule has 0 atom stereocenters. The highest BCUT2D eigenvalue weighted by molar-refractivity contribution is 7.15. The van der Waals surface area contributed by atoms with Gasteiger partial charge in [-0.15, -0.1) is 11.3 Å². The molecule has 0 saturated carbocycles. The summed E-state index contributed by atoms with van der Waals surface area (Å²) in [5.41, 5.74) is 7.72. The fraction of sp³-hybridized carbons (Fsp3) is 0.0769. The van der Waals surface area contributed by atoms with Crippen molar-refractivity contribution in [3.8, 4) is 21.7 Å². The van der Waals surface area contributed by atoms with Crippen molar-refractivity contribution in [1.82, 2.24) is 10.1 Å². The van der Waals surface area contributed by atoms with E-state index in [1.165, 1.54) is 11.3 Å². The average Bonchev–Trinajstić information content (AvgIpc) is 2.97. The Labute approximate surface area is 129 Å². The molecule has 4 nitrogen and oxygen atoms in total. The van der Waals surface area contributed by atoms with Gasteiger partial charge in [-0.25, -0.2) is 4.98 Å². The summed E-state index contributed by atoms with van der Waals surface area (Å²) < 4.78 is 5.11. The first-order valence-electron chi connectivity index (χ1n) is 5.70. The highest BCUT2D eigenvalue weighted by Crippen LogP contribution is 2.44. The summed E-state index contributed by atoms with van der Waals surface area (Å²) in [5, 5.41) is 5.93. The van der Waals surface area contributed by atoms with Gasteiger partial charge in [-0.1, -0.05) is 34.4 Å². The van der Waals surface area contributed by atoms with Crippen LogP contribution < -0.4 is 5.73 Å².